The van der Waals surface area contributed by atoms with Crippen LogP contribution in [0.5, 0.6) is 0 Å². The predicted octanol–water partition coefficient (Wildman–Crippen LogP) is 1.92. The van der Waals surface area contributed by atoms with Gasteiger partial charge in [0.25, 0.3) is 5.91 Å². The van der Waals surface area contributed by atoms with E-state index in [1.165, 1.54) is 6.08 Å². The molecule has 0 bridgehead atoms. The fourth-order valence-electron chi connectivity index (χ4n) is 2.00. The number of carbonyl (C=O) groups excluding carboxylic acids is 2. The molecule has 0 spiro atoms. The largest absolute Gasteiger partial charge is 0.463 e. The van der Waals surface area contributed by atoms with Crippen molar-refractivity contribution in [3.63, 3.8) is 0 Å². The molecule has 0 fully saturated rings. The minimum absolute atomic E-state index is 0.177. The zero-order valence-electron chi connectivity index (χ0n) is 10.7. The summed E-state index contributed by atoms with van der Waals surface area (Å²) in [6.45, 7) is 3.98. The molecule has 0 unspecified atom stereocenters. The van der Waals surface area contributed by atoms with E-state index in [9.17, 15) is 9.59 Å². The SMILES string of the molecule is CCOC(=O)/C=C1/C(=O)N(C)c2ccc(C)cc21. The quantitative estimate of drug-likeness (QED) is 0.590. The molecule has 4 heteroatoms. The van der Waals surface area contributed by atoms with Gasteiger partial charge in [-0.1, -0.05) is 11.6 Å². The molecule has 0 saturated carbocycles. The van der Waals surface area contributed by atoms with Crippen molar-refractivity contribution in [1.29, 1.82) is 0 Å². The van der Waals surface area contributed by atoms with Crippen LogP contribution in [0.15, 0.2) is 24.3 Å². The monoisotopic (exact) mass is 245 g/mol. The number of likely N-dealkylation sites (N-methyl/N-ethyl adjacent to an activating group) is 1. The summed E-state index contributed by atoms with van der Waals surface area (Å²) in [5, 5.41) is 0. The first-order valence-electron chi connectivity index (χ1n) is 5.82. The molecule has 0 N–H and O–H groups in total. The molecule has 0 saturated heterocycles. The van der Waals surface area contributed by atoms with Crippen LogP contribution < -0.4 is 4.90 Å². The molecule has 1 aliphatic heterocycles. The third-order valence-corrected chi connectivity index (χ3v) is 2.89. The molecule has 1 aromatic rings. The van der Waals surface area contributed by atoms with Crippen LogP contribution in [0.25, 0.3) is 5.57 Å². The van der Waals surface area contributed by atoms with Crippen LogP contribution in [0.3, 0.4) is 0 Å². The number of fused-ring (bicyclic) bond motifs is 1. The first kappa shape index (κ1) is 12.4. The lowest BCUT2D eigenvalue weighted by atomic mass is 10.0. The molecule has 1 aliphatic rings. The first-order chi connectivity index (χ1) is 8.54. The maximum Gasteiger partial charge on any atom is 0.331 e. The van der Waals surface area contributed by atoms with E-state index < -0.39 is 5.97 Å². The lowest BCUT2D eigenvalue weighted by molar-refractivity contribution is -0.137. The Labute approximate surface area is 106 Å². The van der Waals surface area contributed by atoms with Crippen molar-refractivity contribution >= 4 is 23.1 Å². The highest BCUT2D eigenvalue weighted by Crippen LogP contribution is 2.36. The van der Waals surface area contributed by atoms with E-state index in [0.717, 1.165) is 16.8 Å². The molecule has 1 amide bonds. The maximum atomic E-state index is 12.1. The number of amides is 1. The number of anilines is 1. The van der Waals surface area contributed by atoms with E-state index in [4.69, 9.17) is 4.74 Å². The van der Waals surface area contributed by atoms with Crippen LogP contribution >= 0.6 is 0 Å². The minimum atomic E-state index is -0.483. The Morgan fingerprint density at radius 3 is 2.83 bits per heavy atom. The Hall–Kier alpha value is -2.10. The van der Waals surface area contributed by atoms with Crippen molar-refractivity contribution in [1.82, 2.24) is 0 Å². The summed E-state index contributed by atoms with van der Waals surface area (Å²) < 4.78 is 4.85. The van der Waals surface area contributed by atoms with Gasteiger partial charge < -0.3 is 9.64 Å². The molecule has 0 aliphatic carbocycles. The summed E-state index contributed by atoms with van der Waals surface area (Å²) in [6.07, 6.45) is 1.27. The number of esters is 1. The van der Waals surface area contributed by atoms with Gasteiger partial charge in [0.1, 0.15) is 0 Å². The zero-order chi connectivity index (χ0) is 13.3. The number of nitrogens with zero attached hydrogens (tertiary/aromatic N) is 1. The van der Waals surface area contributed by atoms with Gasteiger partial charge in [0.05, 0.1) is 17.9 Å². The van der Waals surface area contributed by atoms with Gasteiger partial charge in [0, 0.05) is 18.7 Å². The zero-order valence-corrected chi connectivity index (χ0v) is 10.7. The second kappa shape index (κ2) is 4.64. The molecule has 0 radical (unpaired) electrons. The third-order valence-electron chi connectivity index (χ3n) is 2.89. The fourth-order valence-corrected chi connectivity index (χ4v) is 2.00. The van der Waals surface area contributed by atoms with Gasteiger partial charge in [0.15, 0.2) is 0 Å². The summed E-state index contributed by atoms with van der Waals surface area (Å²) in [5.74, 6) is -0.660. The lowest BCUT2D eigenvalue weighted by Crippen LogP contribution is -2.20. The molecule has 94 valence electrons. The van der Waals surface area contributed by atoms with Gasteiger partial charge >= 0.3 is 5.97 Å². The van der Waals surface area contributed by atoms with Crippen molar-refractivity contribution in [3.05, 3.63) is 35.4 Å². The van der Waals surface area contributed by atoms with Gasteiger partial charge in [-0.05, 0) is 26.0 Å². The van der Waals surface area contributed by atoms with Crippen LogP contribution in [-0.2, 0) is 14.3 Å². The van der Waals surface area contributed by atoms with Crippen molar-refractivity contribution in [2.75, 3.05) is 18.6 Å². The van der Waals surface area contributed by atoms with Gasteiger partial charge in [-0.25, -0.2) is 4.79 Å². The number of ether oxygens (including phenoxy) is 1. The summed E-state index contributed by atoms with van der Waals surface area (Å²) in [7, 11) is 1.70. The van der Waals surface area contributed by atoms with E-state index in [2.05, 4.69) is 0 Å². The van der Waals surface area contributed by atoms with Crippen molar-refractivity contribution in [3.8, 4) is 0 Å². The highest BCUT2D eigenvalue weighted by molar-refractivity contribution is 6.34. The molecular formula is C14H15NO3. The summed E-state index contributed by atoms with van der Waals surface area (Å²) in [5.41, 5.74) is 3.05. The maximum absolute atomic E-state index is 12.1. The molecule has 0 atom stereocenters. The van der Waals surface area contributed by atoms with Crippen molar-refractivity contribution in [2.24, 2.45) is 0 Å². The fraction of sp³-hybridized carbons (Fsp3) is 0.286. The highest BCUT2D eigenvalue weighted by Gasteiger charge is 2.30. The molecular weight excluding hydrogens is 230 g/mol. The van der Waals surface area contributed by atoms with E-state index in [-0.39, 0.29) is 5.91 Å². The second-order valence-corrected chi connectivity index (χ2v) is 4.19. The van der Waals surface area contributed by atoms with Crippen LogP contribution in [0.1, 0.15) is 18.1 Å². The summed E-state index contributed by atoms with van der Waals surface area (Å²) in [4.78, 5) is 25.1. The molecule has 1 heterocycles. The summed E-state index contributed by atoms with van der Waals surface area (Å²) >= 11 is 0. The van der Waals surface area contributed by atoms with E-state index in [1.54, 1.807) is 18.9 Å². The Bertz CT molecular complexity index is 546. The predicted molar refractivity (Wildman–Crippen MR) is 69.2 cm³/mol. The van der Waals surface area contributed by atoms with Gasteiger partial charge in [-0.15, -0.1) is 0 Å². The van der Waals surface area contributed by atoms with Crippen LogP contribution in [0.2, 0.25) is 0 Å². The van der Waals surface area contributed by atoms with Gasteiger partial charge in [-0.2, -0.15) is 0 Å². The molecule has 2 rings (SSSR count). The highest BCUT2D eigenvalue weighted by atomic mass is 16.5. The van der Waals surface area contributed by atoms with Gasteiger partial charge in [0.2, 0.25) is 0 Å². The van der Waals surface area contributed by atoms with E-state index in [0.29, 0.717) is 12.2 Å². The smallest absolute Gasteiger partial charge is 0.331 e. The average Bonchev–Trinajstić information content (AvgIpc) is 2.55. The standard InChI is InChI=1S/C14H15NO3/c1-4-18-13(16)8-11-10-7-9(2)5-6-12(10)15(3)14(11)17/h5-8H,4H2,1-3H3/b11-8+. The van der Waals surface area contributed by atoms with E-state index >= 15 is 0 Å². The number of hydrogen-bond acceptors (Lipinski definition) is 3. The van der Waals surface area contributed by atoms with Crippen molar-refractivity contribution < 1.29 is 14.3 Å². The Morgan fingerprint density at radius 1 is 1.44 bits per heavy atom. The first-order valence-corrected chi connectivity index (χ1v) is 5.82. The average molecular weight is 245 g/mol. The number of aryl methyl sites for hydroxylation is 1. The number of rotatable bonds is 2. The molecule has 18 heavy (non-hydrogen) atoms. The number of benzene rings is 1. The van der Waals surface area contributed by atoms with Crippen LogP contribution in [0, 0.1) is 6.92 Å². The van der Waals surface area contributed by atoms with Crippen LogP contribution in [0.4, 0.5) is 5.69 Å². The minimum Gasteiger partial charge on any atom is -0.463 e. The van der Waals surface area contributed by atoms with Crippen molar-refractivity contribution in [2.45, 2.75) is 13.8 Å². The normalized spacial score (nSPS) is 16.1. The molecule has 4 nitrogen and oxygen atoms in total. The van der Waals surface area contributed by atoms with E-state index in [1.807, 2.05) is 25.1 Å². The van der Waals surface area contributed by atoms with Gasteiger partial charge in [-0.3, -0.25) is 4.79 Å². The lowest BCUT2D eigenvalue weighted by Gasteiger charge is -2.08. The Kier molecular flexibility index (Phi) is 3.19. The topological polar surface area (TPSA) is 46.6 Å². The Morgan fingerprint density at radius 2 is 2.17 bits per heavy atom. The molecule has 0 aromatic heterocycles. The molecule has 1 aromatic carbocycles. The second-order valence-electron chi connectivity index (χ2n) is 4.19. The Balaban J connectivity index is 2.48. The summed E-state index contributed by atoms with van der Waals surface area (Å²) in [6, 6.07) is 5.73. The third kappa shape index (κ3) is 2.01. The number of hydrogen-bond donors (Lipinski definition) is 0. The number of carbonyl (C=O) groups is 2. The van der Waals surface area contributed by atoms with Crippen LogP contribution in [-0.4, -0.2) is 25.5 Å².